The number of amides is 3. The molecule has 1 saturated heterocycles. The first-order chi connectivity index (χ1) is 20.0. The fraction of sp³-hybridized carbons (Fsp3) is 0.357. The Labute approximate surface area is 244 Å². The van der Waals surface area contributed by atoms with Gasteiger partial charge in [0.2, 0.25) is 17.4 Å². The lowest BCUT2D eigenvalue weighted by Crippen LogP contribution is -2.40. The molecule has 14 heteroatoms. The van der Waals surface area contributed by atoms with E-state index >= 15 is 0 Å². The third-order valence-electron chi connectivity index (χ3n) is 7.16. The summed E-state index contributed by atoms with van der Waals surface area (Å²) in [5, 5.41) is 11.0. The van der Waals surface area contributed by atoms with E-state index in [1.807, 2.05) is 0 Å². The van der Waals surface area contributed by atoms with E-state index in [1.54, 1.807) is 21.9 Å². The summed E-state index contributed by atoms with van der Waals surface area (Å²) in [7, 11) is 4.31. The van der Waals surface area contributed by atoms with Crippen LogP contribution < -0.4 is 10.5 Å². The average Bonchev–Trinajstić information content (AvgIpc) is 3.62. The zero-order valence-electron chi connectivity index (χ0n) is 23.4. The number of benzene rings is 1. The van der Waals surface area contributed by atoms with Gasteiger partial charge in [-0.2, -0.15) is 0 Å². The zero-order valence-corrected chi connectivity index (χ0v) is 24.2. The SMILES string of the molecule is CN(C)C(=O)C(=O)N(C)c1cc(F)ccc1Cc1cnc(-c2nc3n(CC(=O)N4CCCCC4)ccn3c(=O)c2O)s1. The van der Waals surface area contributed by atoms with Crippen LogP contribution in [0.5, 0.6) is 5.75 Å². The van der Waals surface area contributed by atoms with Crippen molar-refractivity contribution in [3.8, 4) is 16.5 Å². The molecule has 0 radical (unpaired) electrons. The van der Waals surface area contributed by atoms with Crippen LogP contribution >= 0.6 is 11.3 Å². The summed E-state index contributed by atoms with van der Waals surface area (Å²) >= 11 is 1.16. The summed E-state index contributed by atoms with van der Waals surface area (Å²) in [5.41, 5.74) is 0.0704. The van der Waals surface area contributed by atoms with Crippen LogP contribution in [0.2, 0.25) is 0 Å². The largest absolute Gasteiger partial charge is 0.501 e. The van der Waals surface area contributed by atoms with E-state index in [-0.39, 0.29) is 41.0 Å². The van der Waals surface area contributed by atoms with Crippen LogP contribution in [0.4, 0.5) is 10.1 Å². The van der Waals surface area contributed by atoms with Crippen molar-refractivity contribution in [2.75, 3.05) is 39.1 Å². The molecule has 0 unspecified atom stereocenters. The average molecular weight is 596 g/mol. The highest BCUT2D eigenvalue weighted by molar-refractivity contribution is 7.15. The number of carbonyl (C=O) groups is 3. The maximum absolute atomic E-state index is 14.2. The van der Waals surface area contributed by atoms with Crippen molar-refractivity contribution >= 4 is 40.5 Å². The molecule has 4 aromatic rings. The second-order valence-corrected chi connectivity index (χ2v) is 11.4. The van der Waals surface area contributed by atoms with E-state index < -0.39 is 28.9 Å². The summed E-state index contributed by atoms with van der Waals surface area (Å²) in [6, 6.07) is 3.96. The molecule has 0 bridgehead atoms. The molecule has 1 fully saturated rings. The number of nitrogens with zero attached hydrogens (tertiary/aromatic N) is 7. The van der Waals surface area contributed by atoms with Gasteiger partial charge in [-0.15, -0.1) is 11.3 Å². The van der Waals surface area contributed by atoms with Gasteiger partial charge in [0, 0.05) is 64.1 Å². The van der Waals surface area contributed by atoms with Gasteiger partial charge in [-0.25, -0.2) is 18.8 Å². The number of aromatic hydroxyl groups is 1. The molecule has 12 nitrogen and oxygen atoms in total. The Kier molecular flexibility index (Phi) is 8.07. The third-order valence-corrected chi connectivity index (χ3v) is 8.17. The molecule has 1 aliphatic heterocycles. The van der Waals surface area contributed by atoms with Crippen LogP contribution in [-0.2, 0) is 27.3 Å². The van der Waals surface area contributed by atoms with Gasteiger partial charge in [0.05, 0.1) is 5.69 Å². The second kappa shape index (κ2) is 11.7. The Morgan fingerprint density at radius 2 is 1.81 bits per heavy atom. The lowest BCUT2D eigenvalue weighted by atomic mass is 10.1. The van der Waals surface area contributed by atoms with Gasteiger partial charge in [-0.1, -0.05) is 6.07 Å². The van der Waals surface area contributed by atoms with E-state index in [0.29, 0.717) is 23.5 Å². The first-order valence-corrected chi connectivity index (χ1v) is 14.2. The molecule has 0 atom stereocenters. The molecule has 5 rings (SSSR count). The van der Waals surface area contributed by atoms with Crippen molar-refractivity contribution in [2.45, 2.75) is 32.2 Å². The highest BCUT2D eigenvalue weighted by Gasteiger charge is 2.25. The highest BCUT2D eigenvalue weighted by atomic mass is 32.1. The quantitative estimate of drug-likeness (QED) is 0.338. The van der Waals surface area contributed by atoms with Crippen LogP contribution in [0.1, 0.15) is 29.7 Å². The smallest absolute Gasteiger partial charge is 0.316 e. The topological polar surface area (TPSA) is 133 Å². The number of hydrogen-bond donors (Lipinski definition) is 1. The third kappa shape index (κ3) is 5.62. The van der Waals surface area contributed by atoms with E-state index in [1.165, 1.54) is 49.9 Å². The van der Waals surface area contributed by atoms with Crippen molar-refractivity contribution in [3.05, 3.63) is 63.4 Å². The van der Waals surface area contributed by atoms with E-state index in [2.05, 4.69) is 9.97 Å². The molecular formula is C28H30FN7O5S. The van der Waals surface area contributed by atoms with Crippen LogP contribution in [0.3, 0.4) is 0 Å². The number of hydrogen-bond acceptors (Lipinski definition) is 8. The fourth-order valence-electron chi connectivity index (χ4n) is 4.85. The molecule has 0 aliphatic carbocycles. The monoisotopic (exact) mass is 595 g/mol. The van der Waals surface area contributed by atoms with Crippen molar-refractivity contribution in [2.24, 2.45) is 0 Å². The molecule has 42 heavy (non-hydrogen) atoms. The highest BCUT2D eigenvalue weighted by Crippen LogP contribution is 2.32. The first kappa shape index (κ1) is 28.9. The van der Waals surface area contributed by atoms with Gasteiger partial charge in [-0.3, -0.25) is 19.2 Å². The number of fused-ring (bicyclic) bond motifs is 1. The summed E-state index contributed by atoms with van der Waals surface area (Å²) in [6.45, 7) is 1.40. The normalized spacial score (nSPS) is 13.4. The lowest BCUT2D eigenvalue weighted by Gasteiger charge is -2.26. The number of aromatic nitrogens is 4. The molecule has 1 N–H and O–H groups in total. The number of piperidine rings is 1. The zero-order chi connectivity index (χ0) is 30.1. The minimum Gasteiger partial charge on any atom is -0.501 e. The molecule has 3 amide bonds. The molecular weight excluding hydrogens is 565 g/mol. The number of imidazole rings is 1. The molecule has 3 aromatic heterocycles. The molecule has 4 heterocycles. The maximum Gasteiger partial charge on any atom is 0.316 e. The van der Waals surface area contributed by atoms with Gasteiger partial charge in [0.1, 0.15) is 17.4 Å². The minimum absolute atomic E-state index is 0.00613. The van der Waals surface area contributed by atoms with Crippen molar-refractivity contribution in [1.29, 1.82) is 0 Å². The van der Waals surface area contributed by atoms with Crippen LogP contribution in [0.15, 0.2) is 41.6 Å². The van der Waals surface area contributed by atoms with Crippen molar-refractivity contribution < 1.29 is 23.9 Å². The van der Waals surface area contributed by atoms with E-state index in [9.17, 15) is 28.7 Å². The van der Waals surface area contributed by atoms with Crippen LogP contribution in [-0.4, -0.2) is 85.8 Å². The summed E-state index contributed by atoms with van der Waals surface area (Å²) < 4.78 is 16.9. The van der Waals surface area contributed by atoms with Crippen LogP contribution in [0, 0.1) is 5.82 Å². The number of halogens is 1. The number of thiazole rings is 1. The van der Waals surface area contributed by atoms with E-state index in [0.717, 1.165) is 40.4 Å². The molecule has 0 spiro atoms. The number of anilines is 1. The van der Waals surface area contributed by atoms with Gasteiger partial charge in [0.25, 0.3) is 0 Å². The Morgan fingerprint density at radius 1 is 1.07 bits per heavy atom. The van der Waals surface area contributed by atoms with E-state index in [4.69, 9.17) is 0 Å². The van der Waals surface area contributed by atoms with Crippen molar-refractivity contribution in [3.63, 3.8) is 0 Å². The first-order valence-electron chi connectivity index (χ1n) is 13.4. The van der Waals surface area contributed by atoms with Gasteiger partial charge in [-0.05, 0) is 37.0 Å². The molecule has 220 valence electrons. The Morgan fingerprint density at radius 3 is 2.52 bits per heavy atom. The van der Waals surface area contributed by atoms with Gasteiger partial charge < -0.3 is 24.4 Å². The molecule has 1 aliphatic rings. The van der Waals surface area contributed by atoms with Gasteiger partial charge >= 0.3 is 17.4 Å². The molecule has 0 saturated carbocycles. The number of likely N-dealkylation sites (tertiary alicyclic amines) is 1. The predicted molar refractivity (Wildman–Crippen MR) is 154 cm³/mol. The Balaban J connectivity index is 1.43. The Bertz CT molecular complexity index is 1740. The standard InChI is InChI=1S/C28H30FN7O5S/c1-32(2)26(40)27(41)33(3)20-14-18(29)8-7-17(20)13-19-15-30-24(42-19)22-23(38)25(39)36-12-11-35(28(36)31-22)16-21(37)34-9-5-4-6-10-34/h7-8,11-12,14-15,38H,4-6,9-10,13,16H2,1-3H3. The minimum atomic E-state index is -0.818. The lowest BCUT2D eigenvalue weighted by molar-refractivity contribution is -0.142. The summed E-state index contributed by atoms with van der Waals surface area (Å²) in [5.74, 6) is -2.59. The number of carbonyl (C=O) groups excluding carboxylic acids is 3. The Hall–Kier alpha value is -4.59. The number of likely N-dealkylation sites (N-methyl/N-ethyl adjacent to an activating group) is 2. The summed E-state index contributed by atoms with van der Waals surface area (Å²) in [6.07, 6.45) is 7.82. The number of rotatable bonds is 6. The second-order valence-electron chi connectivity index (χ2n) is 10.3. The fourth-order valence-corrected chi connectivity index (χ4v) is 5.78. The summed E-state index contributed by atoms with van der Waals surface area (Å²) in [4.78, 5) is 64.3. The van der Waals surface area contributed by atoms with Gasteiger partial charge in [0.15, 0.2) is 5.69 Å². The van der Waals surface area contributed by atoms with Crippen LogP contribution in [0.25, 0.3) is 16.5 Å². The molecule has 1 aromatic carbocycles. The predicted octanol–water partition coefficient (Wildman–Crippen LogP) is 2.12. The maximum atomic E-state index is 14.2. The van der Waals surface area contributed by atoms with Crippen molar-refractivity contribution in [1.82, 2.24) is 28.7 Å².